The van der Waals surface area contributed by atoms with E-state index in [1.54, 1.807) is 0 Å². The summed E-state index contributed by atoms with van der Waals surface area (Å²) in [5.41, 5.74) is 1.40. The third-order valence-corrected chi connectivity index (χ3v) is 3.32. The van der Waals surface area contributed by atoms with Crippen molar-refractivity contribution in [3.8, 4) is 5.75 Å². The summed E-state index contributed by atoms with van der Waals surface area (Å²) in [6, 6.07) is 1.94. The monoisotopic (exact) mass is 320 g/mol. The molecule has 1 N–H and O–H groups in total. The molecule has 7 heteroatoms. The summed E-state index contributed by atoms with van der Waals surface area (Å²) < 4.78 is 0. The van der Waals surface area contributed by atoms with Crippen LogP contribution in [0.2, 0.25) is 0 Å². The Labute approximate surface area is 134 Å². The third-order valence-electron chi connectivity index (χ3n) is 3.32. The van der Waals surface area contributed by atoms with Gasteiger partial charge in [0.25, 0.3) is 5.69 Å². The Morgan fingerprint density at radius 3 is 2.30 bits per heavy atom. The second-order valence-corrected chi connectivity index (χ2v) is 5.56. The molecule has 1 rings (SSSR count). The van der Waals surface area contributed by atoms with Crippen LogP contribution in [0.4, 0.5) is 11.4 Å². The molecule has 0 saturated carbocycles. The van der Waals surface area contributed by atoms with Crippen molar-refractivity contribution in [3.05, 3.63) is 61.2 Å². The van der Waals surface area contributed by atoms with E-state index < -0.39 is 27.0 Å². The summed E-state index contributed by atoms with van der Waals surface area (Å²) in [4.78, 5) is 20.2. The zero-order valence-corrected chi connectivity index (χ0v) is 13.4. The molecule has 0 spiro atoms. The van der Waals surface area contributed by atoms with E-state index >= 15 is 0 Å². The number of hydrogen-bond acceptors (Lipinski definition) is 5. The molecule has 0 atom stereocenters. The van der Waals surface area contributed by atoms with Crippen LogP contribution in [-0.4, -0.2) is 15.0 Å². The van der Waals surface area contributed by atoms with Gasteiger partial charge in [0.1, 0.15) is 0 Å². The van der Waals surface area contributed by atoms with Gasteiger partial charge < -0.3 is 5.11 Å². The minimum absolute atomic E-state index is 0.174. The molecule has 0 heterocycles. The van der Waals surface area contributed by atoms with Crippen molar-refractivity contribution < 1.29 is 15.0 Å². The molecule has 0 fully saturated rings. The highest BCUT2D eigenvalue weighted by Crippen LogP contribution is 2.34. The van der Waals surface area contributed by atoms with Crippen LogP contribution in [0.5, 0.6) is 5.75 Å². The zero-order valence-electron chi connectivity index (χ0n) is 13.4. The van der Waals surface area contributed by atoms with Gasteiger partial charge in [-0.2, -0.15) is 0 Å². The minimum Gasteiger partial charge on any atom is -0.502 e. The van der Waals surface area contributed by atoms with E-state index in [1.165, 1.54) is 11.6 Å². The van der Waals surface area contributed by atoms with E-state index in [2.05, 4.69) is 6.08 Å². The lowest BCUT2D eigenvalue weighted by Gasteiger charge is -2.04. The smallest absolute Gasteiger partial charge is 0.317 e. The predicted octanol–water partition coefficient (Wildman–Crippen LogP) is 4.44. The van der Waals surface area contributed by atoms with Gasteiger partial charge in [-0.3, -0.25) is 20.2 Å². The van der Waals surface area contributed by atoms with E-state index in [4.69, 9.17) is 0 Å². The van der Waals surface area contributed by atoms with Gasteiger partial charge in [-0.1, -0.05) is 23.3 Å². The molecule has 0 saturated heterocycles. The Kier molecular flexibility index (Phi) is 6.44. The summed E-state index contributed by atoms with van der Waals surface area (Å²) in [6.45, 7) is 5.94. The van der Waals surface area contributed by atoms with E-state index in [1.807, 2.05) is 26.8 Å². The highest BCUT2D eigenvalue weighted by molar-refractivity contribution is 5.58. The van der Waals surface area contributed by atoms with Crippen molar-refractivity contribution in [2.45, 2.75) is 40.0 Å². The van der Waals surface area contributed by atoms with Gasteiger partial charge in [-0.25, -0.2) is 0 Å². The van der Waals surface area contributed by atoms with Gasteiger partial charge in [0.15, 0.2) is 5.75 Å². The average molecular weight is 320 g/mol. The van der Waals surface area contributed by atoms with E-state index in [0.717, 1.165) is 24.5 Å². The van der Waals surface area contributed by atoms with Crippen LogP contribution in [0.25, 0.3) is 0 Å². The van der Waals surface area contributed by atoms with Crippen molar-refractivity contribution in [1.29, 1.82) is 0 Å². The fourth-order valence-electron chi connectivity index (χ4n) is 2.04. The van der Waals surface area contributed by atoms with Gasteiger partial charge in [0.2, 0.25) is 0 Å². The maximum absolute atomic E-state index is 10.9. The molecule has 0 aliphatic rings. The fourth-order valence-corrected chi connectivity index (χ4v) is 2.04. The summed E-state index contributed by atoms with van der Waals surface area (Å²) in [7, 11) is 0. The lowest BCUT2D eigenvalue weighted by molar-refractivity contribution is -0.394. The van der Waals surface area contributed by atoms with E-state index in [0.29, 0.717) is 0 Å². The number of phenols is 1. The van der Waals surface area contributed by atoms with Crippen LogP contribution in [0.3, 0.4) is 0 Å². The Bertz CT molecular complexity index is 673. The molecule has 0 radical (unpaired) electrons. The van der Waals surface area contributed by atoms with Crippen molar-refractivity contribution in [1.82, 2.24) is 0 Å². The second kappa shape index (κ2) is 8.07. The van der Waals surface area contributed by atoms with Gasteiger partial charge in [0, 0.05) is 11.6 Å². The van der Waals surface area contributed by atoms with Crippen LogP contribution in [0, 0.1) is 20.2 Å². The number of non-ortho nitro benzene ring substituents is 1. The van der Waals surface area contributed by atoms with Gasteiger partial charge in [-0.05, 0) is 40.0 Å². The molecule has 124 valence electrons. The minimum atomic E-state index is -0.822. The lowest BCUT2D eigenvalue weighted by Crippen LogP contribution is -1.97. The number of nitro benzene ring substituents is 2. The Balaban J connectivity index is 3.01. The summed E-state index contributed by atoms with van der Waals surface area (Å²) in [5, 5.41) is 31.7. The summed E-state index contributed by atoms with van der Waals surface area (Å²) >= 11 is 0. The fraction of sp³-hybridized carbons (Fsp3) is 0.375. The molecular weight excluding hydrogens is 300 g/mol. The highest BCUT2D eigenvalue weighted by atomic mass is 16.6. The third kappa shape index (κ3) is 5.54. The number of phenolic OH excluding ortho intramolecular Hbond substituents is 1. The highest BCUT2D eigenvalue weighted by Gasteiger charge is 2.23. The van der Waals surface area contributed by atoms with E-state index in [-0.39, 0.29) is 12.0 Å². The topological polar surface area (TPSA) is 107 Å². The first kappa shape index (κ1) is 18.3. The average Bonchev–Trinajstić information content (AvgIpc) is 2.45. The Morgan fingerprint density at radius 2 is 1.78 bits per heavy atom. The Hall–Kier alpha value is -2.70. The largest absolute Gasteiger partial charge is 0.502 e. The summed E-state index contributed by atoms with van der Waals surface area (Å²) in [5.74, 6) is -0.519. The molecule has 1 aromatic carbocycles. The molecular formula is C16H20N2O5. The molecule has 0 bridgehead atoms. The van der Waals surface area contributed by atoms with Crippen LogP contribution in [0.15, 0.2) is 35.4 Å². The zero-order chi connectivity index (χ0) is 17.6. The first-order valence-electron chi connectivity index (χ1n) is 7.16. The Morgan fingerprint density at radius 1 is 1.13 bits per heavy atom. The molecule has 7 nitrogen and oxygen atoms in total. The van der Waals surface area contributed by atoms with Crippen LogP contribution in [-0.2, 0) is 6.42 Å². The standard InChI is InChI=1S/C16H20N2O5/c1-11(2)5-4-6-12(3)7-8-13-9-14(17(20)21)10-15(16(13)19)18(22)23/h5,7,9-10,19H,4,6,8H2,1-3H3/b12-7-. The summed E-state index contributed by atoms with van der Waals surface area (Å²) in [6.07, 6.45) is 5.83. The number of allylic oxidation sites excluding steroid dienone is 4. The second-order valence-electron chi connectivity index (χ2n) is 5.56. The van der Waals surface area contributed by atoms with Gasteiger partial charge in [0.05, 0.1) is 15.9 Å². The molecule has 0 amide bonds. The van der Waals surface area contributed by atoms with Crippen molar-refractivity contribution >= 4 is 11.4 Å². The van der Waals surface area contributed by atoms with E-state index in [9.17, 15) is 25.3 Å². The van der Waals surface area contributed by atoms with Crippen LogP contribution < -0.4 is 0 Å². The molecule has 0 unspecified atom stereocenters. The number of rotatable bonds is 7. The first-order valence-corrected chi connectivity index (χ1v) is 7.16. The maximum Gasteiger partial charge on any atom is 0.317 e. The normalized spacial score (nSPS) is 11.2. The molecule has 0 aromatic heterocycles. The van der Waals surface area contributed by atoms with Crippen molar-refractivity contribution in [2.75, 3.05) is 0 Å². The first-order chi connectivity index (χ1) is 10.7. The maximum atomic E-state index is 10.9. The number of aromatic hydroxyl groups is 1. The van der Waals surface area contributed by atoms with Crippen LogP contribution in [0.1, 0.15) is 39.2 Å². The number of benzene rings is 1. The lowest BCUT2D eigenvalue weighted by atomic mass is 10.0. The molecule has 1 aromatic rings. The van der Waals surface area contributed by atoms with Gasteiger partial charge in [-0.15, -0.1) is 0 Å². The molecule has 23 heavy (non-hydrogen) atoms. The number of nitro groups is 2. The quantitative estimate of drug-likeness (QED) is 0.454. The SMILES string of the molecule is CC(C)=CCC/C(C)=C\Cc1cc([N+](=O)[O-])cc([N+](=O)[O-])c1O. The van der Waals surface area contributed by atoms with Crippen molar-refractivity contribution in [2.24, 2.45) is 0 Å². The molecule has 0 aliphatic carbocycles. The number of hydrogen-bond donors (Lipinski definition) is 1. The van der Waals surface area contributed by atoms with Gasteiger partial charge >= 0.3 is 5.69 Å². The molecule has 0 aliphatic heterocycles. The van der Waals surface area contributed by atoms with Crippen molar-refractivity contribution in [3.63, 3.8) is 0 Å². The van der Waals surface area contributed by atoms with Crippen LogP contribution >= 0.6 is 0 Å². The predicted molar refractivity (Wildman–Crippen MR) is 87.5 cm³/mol. The number of nitrogens with zero attached hydrogens (tertiary/aromatic N) is 2.